The van der Waals surface area contributed by atoms with Crippen LogP contribution < -0.4 is 4.90 Å². The summed E-state index contributed by atoms with van der Waals surface area (Å²) in [5.41, 5.74) is 2.27. The first-order valence-corrected chi connectivity index (χ1v) is 5.91. The molecule has 0 bridgehead atoms. The van der Waals surface area contributed by atoms with Gasteiger partial charge in [-0.25, -0.2) is 4.79 Å². The van der Waals surface area contributed by atoms with Crippen LogP contribution in [0, 0.1) is 0 Å². The molecule has 1 fully saturated rings. The van der Waals surface area contributed by atoms with Gasteiger partial charge < -0.3 is 14.7 Å². The van der Waals surface area contributed by atoms with Gasteiger partial charge in [-0.2, -0.15) is 0 Å². The van der Waals surface area contributed by atoms with Crippen LogP contribution in [0.1, 0.15) is 22.8 Å². The minimum absolute atomic E-state index is 0.413. The molecule has 1 N–H and O–H groups in total. The molecule has 0 unspecified atom stereocenters. The molecule has 4 nitrogen and oxygen atoms in total. The second-order valence-corrected chi connectivity index (χ2v) is 4.10. The molecule has 2 rings (SSSR count). The Labute approximate surface area is 101 Å². The SMILES string of the molecule is CCc1ccc(N2CCOCC2)cc1C(=O)O. The van der Waals surface area contributed by atoms with Crippen molar-refractivity contribution in [2.75, 3.05) is 31.2 Å². The van der Waals surface area contributed by atoms with Crippen LogP contribution in [0.2, 0.25) is 0 Å². The molecule has 1 aromatic rings. The summed E-state index contributed by atoms with van der Waals surface area (Å²) in [7, 11) is 0. The molecule has 0 amide bonds. The van der Waals surface area contributed by atoms with E-state index >= 15 is 0 Å². The fourth-order valence-electron chi connectivity index (χ4n) is 2.09. The van der Waals surface area contributed by atoms with Crippen LogP contribution in [0.5, 0.6) is 0 Å². The van der Waals surface area contributed by atoms with Gasteiger partial charge in [0.15, 0.2) is 0 Å². The molecule has 0 saturated carbocycles. The maximum Gasteiger partial charge on any atom is 0.336 e. The van der Waals surface area contributed by atoms with Gasteiger partial charge in [0.25, 0.3) is 0 Å². The lowest BCUT2D eigenvalue weighted by atomic mass is 10.0. The fraction of sp³-hybridized carbons (Fsp3) is 0.462. The number of benzene rings is 1. The van der Waals surface area contributed by atoms with Gasteiger partial charge in [-0.05, 0) is 24.1 Å². The quantitative estimate of drug-likeness (QED) is 0.867. The zero-order valence-corrected chi connectivity index (χ0v) is 9.98. The molecule has 92 valence electrons. The Morgan fingerprint density at radius 3 is 2.71 bits per heavy atom. The molecule has 0 radical (unpaired) electrons. The number of morpholine rings is 1. The minimum Gasteiger partial charge on any atom is -0.478 e. The van der Waals surface area contributed by atoms with Crippen molar-refractivity contribution in [2.24, 2.45) is 0 Å². The van der Waals surface area contributed by atoms with Crippen molar-refractivity contribution in [2.45, 2.75) is 13.3 Å². The molecule has 1 aromatic carbocycles. The monoisotopic (exact) mass is 235 g/mol. The van der Waals surface area contributed by atoms with E-state index in [1.165, 1.54) is 0 Å². The van der Waals surface area contributed by atoms with Gasteiger partial charge in [-0.1, -0.05) is 13.0 Å². The first-order valence-electron chi connectivity index (χ1n) is 5.91. The molecule has 0 spiro atoms. The molecule has 0 aromatic heterocycles. The first kappa shape index (κ1) is 11.9. The zero-order chi connectivity index (χ0) is 12.3. The third-order valence-electron chi connectivity index (χ3n) is 3.08. The number of nitrogens with zero attached hydrogens (tertiary/aromatic N) is 1. The van der Waals surface area contributed by atoms with E-state index in [1.807, 2.05) is 19.1 Å². The number of aryl methyl sites for hydroxylation is 1. The van der Waals surface area contributed by atoms with E-state index in [0.29, 0.717) is 18.8 Å². The summed E-state index contributed by atoms with van der Waals surface area (Å²) in [5, 5.41) is 9.18. The standard InChI is InChI=1S/C13H17NO3/c1-2-10-3-4-11(9-12(10)13(15)16)14-5-7-17-8-6-14/h3-4,9H,2,5-8H2,1H3,(H,15,16). The molecule has 1 aliphatic rings. The van der Waals surface area contributed by atoms with Crippen molar-refractivity contribution in [1.82, 2.24) is 0 Å². The van der Waals surface area contributed by atoms with Crippen LogP contribution in [0.4, 0.5) is 5.69 Å². The molecule has 0 aliphatic carbocycles. The Bertz CT molecular complexity index is 411. The molecular weight excluding hydrogens is 218 g/mol. The number of carboxylic acids is 1. The number of hydrogen-bond donors (Lipinski definition) is 1. The Morgan fingerprint density at radius 1 is 1.41 bits per heavy atom. The van der Waals surface area contributed by atoms with E-state index in [2.05, 4.69) is 4.90 Å². The van der Waals surface area contributed by atoms with Crippen molar-refractivity contribution in [1.29, 1.82) is 0 Å². The number of aromatic carboxylic acids is 1. The van der Waals surface area contributed by atoms with Crippen LogP contribution in [0.15, 0.2) is 18.2 Å². The molecule has 1 heterocycles. The van der Waals surface area contributed by atoms with E-state index in [9.17, 15) is 9.90 Å². The molecule has 17 heavy (non-hydrogen) atoms. The Kier molecular flexibility index (Phi) is 3.64. The van der Waals surface area contributed by atoms with E-state index in [4.69, 9.17) is 4.74 Å². The van der Waals surface area contributed by atoms with Gasteiger partial charge >= 0.3 is 5.97 Å². The smallest absolute Gasteiger partial charge is 0.336 e. The summed E-state index contributed by atoms with van der Waals surface area (Å²) in [6, 6.07) is 5.68. The summed E-state index contributed by atoms with van der Waals surface area (Å²) in [6.45, 7) is 5.03. The highest BCUT2D eigenvalue weighted by molar-refractivity contribution is 5.90. The number of carboxylic acid groups (broad SMARTS) is 1. The van der Waals surface area contributed by atoms with Crippen LogP contribution >= 0.6 is 0 Å². The lowest BCUT2D eigenvalue weighted by Crippen LogP contribution is -2.36. The highest BCUT2D eigenvalue weighted by atomic mass is 16.5. The summed E-state index contributed by atoms with van der Waals surface area (Å²) in [4.78, 5) is 13.3. The van der Waals surface area contributed by atoms with Crippen LogP contribution in [-0.4, -0.2) is 37.4 Å². The highest BCUT2D eigenvalue weighted by Gasteiger charge is 2.15. The van der Waals surface area contributed by atoms with E-state index in [1.54, 1.807) is 6.07 Å². The fourth-order valence-corrected chi connectivity index (χ4v) is 2.09. The topological polar surface area (TPSA) is 49.8 Å². The zero-order valence-electron chi connectivity index (χ0n) is 9.98. The largest absolute Gasteiger partial charge is 0.478 e. The molecule has 1 saturated heterocycles. The lowest BCUT2D eigenvalue weighted by molar-refractivity contribution is 0.0695. The number of anilines is 1. The van der Waals surface area contributed by atoms with E-state index in [-0.39, 0.29) is 0 Å². The summed E-state index contributed by atoms with van der Waals surface area (Å²) < 4.78 is 5.29. The molecule has 0 atom stereocenters. The van der Waals surface area contributed by atoms with Gasteiger partial charge in [-0.3, -0.25) is 0 Å². The normalized spacial score (nSPS) is 15.9. The summed E-state index contributed by atoms with van der Waals surface area (Å²) in [5.74, 6) is -0.850. The Hall–Kier alpha value is -1.55. The lowest BCUT2D eigenvalue weighted by Gasteiger charge is -2.29. The van der Waals surface area contributed by atoms with Gasteiger partial charge in [0, 0.05) is 18.8 Å². The van der Waals surface area contributed by atoms with E-state index in [0.717, 1.165) is 30.8 Å². The van der Waals surface area contributed by atoms with Crippen molar-refractivity contribution in [3.8, 4) is 0 Å². The second-order valence-electron chi connectivity index (χ2n) is 4.10. The van der Waals surface area contributed by atoms with E-state index < -0.39 is 5.97 Å². The van der Waals surface area contributed by atoms with Crippen molar-refractivity contribution in [3.05, 3.63) is 29.3 Å². The van der Waals surface area contributed by atoms with Crippen molar-refractivity contribution >= 4 is 11.7 Å². The Morgan fingerprint density at radius 2 is 2.12 bits per heavy atom. The van der Waals surface area contributed by atoms with Crippen LogP contribution in [0.25, 0.3) is 0 Å². The minimum atomic E-state index is -0.850. The summed E-state index contributed by atoms with van der Waals surface area (Å²) in [6.07, 6.45) is 0.741. The maximum absolute atomic E-state index is 11.2. The third kappa shape index (κ3) is 2.58. The molecule has 4 heteroatoms. The van der Waals surface area contributed by atoms with Crippen LogP contribution in [0.3, 0.4) is 0 Å². The van der Waals surface area contributed by atoms with Crippen molar-refractivity contribution < 1.29 is 14.6 Å². The number of hydrogen-bond acceptors (Lipinski definition) is 3. The predicted molar refractivity (Wildman–Crippen MR) is 65.8 cm³/mol. The molecular formula is C13H17NO3. The Balaban J connectivity index is 2.29. The van der Waals surface area contributed by atoms with Gasteiger partial charge in [-0.15, -0.1) is 0 Å². The van der Waals surface area contributed by atoms with Gasteiger partial charge in [0.05, 0.1) is 18.8 Å². The average Bonchev–Trinajstić information content (AvgIpc) is 2.39. The highest BCUT2D eigenvalue weighted by Crippen LogP contribution is 2.21. The third-order valence-corrected chi connectivity index (χ3v) is 3.08. The summed E-state index contributed by atoms with van der Waals surface area (Å²) >= 11 is 0. The number of ether oxygens (including phenoxy) is 1. The van der Waals surface area contributed by atoms with Crippen molar-refractivity contribution in [3.63, 3.8) is 0 Å². The van der Waals surface area contributed by atoms with Crippen LogP contribution in [-0.2, 0) is 11.2 Å². The molecule has 1 aliphatic heterocycles. The predicted octanol–water partition coefficient (Wildman–Crippen LogP) is 1.78. The maximum atomic E-state index is 11.2. The number of rotatable bonds is 3. The van der Waals surface area contributed by atoms with Gasteiger partial charge in [0.1, 0.15) is 0 Å². The first-order chi connectivity index (χ1) is 8.22. The van der Waals surface area contributed by atoms with Gasteiger partial charge in [0.2, 0.25) is 0 Å². The number of carbonyl (C=O) groups is 1. The average molecular weight is 235 g/mol. The second kappa shape index (κ2) is 5.19.